The maximum atomic E-state index is 12.2. The Morgan fingerprint density at radius 2 is 2.24 bits per heavy atom. The molecule has 2 aromatic rings. The fourth-order valence-corrected chi connectivity index (χ4v) is 4.72. The molecule has 1 fully saturated rings. The lowest BCUT2D eigenvalue weighted by atomic mass is 10.2. The first-order valence-corrected chi connectivity index (χ1v) is 9.13. The van der Waals surface area contributed by atoms with Gasteiger partial charge >= 0.3 is 0 Å². The topological polar surface area (TPSA) is 67.6 Å². The third-order valence-corrected chi connectivity index (χ3v) is 6.54. The first-order valence-electron chi connectivity index (χ1n) is 6.54. The number of rotatable bonds is 4. The lowest BCUT2D eigenvalue weighted by Gasteiger charge is -2.38. The maximum absolute atomic E-state index is 12.2. The number of amides is 1. The van der Waals surface area contributed by atoms with Crippen LogP contribution in [0.15, 0.2) is 34.3 Å². The number of hydrogen-bond donors (Lipinski definition) is 0. The molecule has 1 amide bonds. The summed E-state index contributed by atoms with van der Waals surface area (Å²) in [7, 11) is -3.27. The summed E-state index contributed by atoms with van der Waals surface area (Å²) in [5.74, 6) is 0.247. The number of carbonyl (C=O) groups is 1. The van der Waals surface area contributed by atoms with Crippen molar-refractivity contribution in [1.29, 1.82) is 0 Å². The van der Waals surface area contributed by atoms with E-state index in [-0.39, 0.29) is 24.7 Å². The number of carbonyl (C=O) groups excluding carboxylic acids is 1. The van der Waals surface area contributed by atoms with Crippen LogP contribution in [0.25, 0.3) is 0 Å². The molecular formula is C14H15NO4S2. The zero-order chi connectivity index (χ0) is 15.0. The van der Waals surface area contributed by atoms with Gasteiger partial charge in [-0.25, -0.2) is 8.42 Å². The number of hydrogen-bond acceptors (Lipinski definition) is 5. The zero-order valence-corrected chi connectivity index (χ0v) is 13.1. The van der Waals surface area contributed by atoms with Gasteiger partial charge in [-0.2, -0.15) is 0 Å². The van der Waals surface area contributed by atoms with E-state index in [1.807, 2.05) is 18.4 Å². The molecule has 112 valence electrons. The second-order valence-corrected chi connectivity index (χ2v) is 8.40. The molecule has 0 bridgehead atoms. The number of furan rings is 1. The van der Waals surface area contributed by atoms with Crippen LogP contribution in [0.2, 0.25) is 0 Å². The predicted molar refractivity (Wildman–Crippen MR) is 80.1 cm³/mol. The minimum atomic E-state index is -3.27. The first kappa shape index (κ1) is 14.3. The van der Waals surface area contributed by atoms with Crippen LogP contribution in [-0.4, -0.2) is 37.6 Å². The van der Waals surface area contributed by atoms with Crippen molar-refractivity contribution in [3.05, 3.63) is 46.0 Å². The summed E-state index contributed by atoms with van der Waals surface area (Å²) in [6.45, 7) is 2.46. The molecule has 0 saturated carbocycles. The molecule has 0 aliphatic carbocycles. The average Bonchev–Trinajstić information content (AvgIpc) is 2.97. The van der Waals surface area contributed by atoms with E-state index in [9.17, 15) is 13.2 Å². The Labute approximate surface area is 127 Å². The van der Waals surface area contributed by atoms with Gasteiger partial charge in [-0.1, -0.05) is 0 Å². The van der Waals surface area contributed by atoms with E-state index in [2.05, 4.69) is 0 Å². The highest BCUT2D eigenvalue weighted by Gasteiger charge is 2.40. The summed E-state index contributed by atoms with van der Waals surface area (Å²) in [6, 6.07) is 5.14. The zero-order valence-electron chi connectivity index (χ0n) is 11.5. The van der Waals surface area contributed by atoms with Crippen molar-refractivity contribution in [2.75, 3.05) is 13.1 Å². The lowest BCUT2D eigenvalue weighted by Crippen LogP contribution is -2.56. The molecule has 1 aliphatic heterocycles. The molecule has 3 heterocycles. The van der Waals surface area contributed by atoms with Crippen molar-refractivity contribution in [3.63, 3.8) is 0 Å². The Balaban J connectivity index is 1.61. The SMILES string of the molecule is Cc1csc(C(=O)N2CC(S(=O)(=O)Cc3ccco3)C2)c1. The van der Waals surface area contributed by atoms with Crippen molar-refractivity contribution < 1.29 is 17.6 Å². The van der Waals surface area contributed by atoms with Gasteiger partial charge in [0.1, 0.15) is 11.5 Å². The van der Waals surface area contributed by atoms with Gasteiger partial charge in [-0.15, -0.1) is 11.3 Å². The van der Waals surface area contributed by atoms with Crippen molar-refractivity contribution >= 4 is 27.1 Å². The molecule has 1 aliphatic rings. The van der Waals surface area contributed by atoms with Crippen LogP contribution in [0, 0.1) is 6.92 Å². The number of thiophene rings is 1. The molecule has 2 aromatic heterocycles. The Bertz CT molecular complexity index is 740. The van der Waals surface area contributed by atoms with Gasteiger partial charge < -0.3 is 9.32 Å². The van der Waals surface area contributed by atoms with Crippen molar-refractivity contribution in [2.45, 2.75) is 17.9 Å². The number of likely N-dealkylation sites (tertiary alicyclic amines) is 1. The molecular weight excluding hydrogens is 310 g/mol. The molecule has 0 spiro atoms. The monoisotopic (exact) mass is 325 g/mol. The molecule has 0 radical (unpaired) electrons. The molecule has 3 rings (SSSR count). The van der Waals surface area contributed by atoms with Gasteiger partial charge in [0.2, 0.25) is 0 Å². The van der Waals surface area contributed by atoms with Crippen LogP contribution in [0.3, 0.4) is 0 Å². The summed E-state index contributed by atoms with van der Waals surface area (Å²) in [6.07, 6.45) is 1.46. The molecule has 5 nitrogen and oxygen atoms in total. The first-order chi connectivity index (χ1) is 9.95. The molecule has 0 aromatic carbocycles. The second-order valence-electron chi connectivity index (χ2n) is 5.21. The minimum Gasteiger partial charge on any atom is -0.468 e. The van der Waals surface area contributed by atoms with E-state index < -0.39 is 15.1 Å². The fourth-order valence-electron chi connectivity index (χ4n) is 2.24. The van der Waals surface area contributed by atoms with Crippen molar-refractivity contribution in [2.24, 2.45) is 0 Å². The number of aryl methyl sites for hydroxylation is 1. The van der Waals surface area contributed by atoms with Crippen LogP contribution in [0.4, 0.5) is 0 Å². The molecule has 0 atom stereocenters. The van der Waals surface area contributed by atoms with E-state index >= 15 is 0 Å². The highest BCUT2D eigenvalue weighted by Crippen LogP contribution is 2.24. The summed E-state index contributed by atoms with van der Waals surface area (Å²) in [4.78, 5) is 14.4. The van der Waals surface area contributed by atoms with E-state index in [4.69, 9.17) is 4.42 Å². The standard InChI is InChI=1S/C14H15NO4S2/c1-10-5-13(20-8-10)14(16)15-6-12(7-15)21(17,18)9-11-3-2-4-19-11/h2-5,8,12H,6-7,9H2,1H3. The molecule has 1 saturated heterocycles. The Kier molecular flexibility index (Phi) is 3.62. The smallest absolute Gasteiger partial charge is 0.264 e. The van der Waals surface area contributed by atoms with Gasteiger partial charge in [0, 0.05) is 13.1 Å². The van der Waals surface area contributed by atoms with E-state index in [0.29, 0.717) is 10.6 Å². The quantitative estimate of drug-likeness (QED) is 0.863. The minimum absolute atomic E-state index is 0.0856. The van der Waals surface area contributed by atoms with Crippen molar-refractivity contribution in [1.82, 2.24) is 4.90 Å². The molecule has 21 heavy (non-hydrogen) atoms. The molecule has 0 unspecified atom stereocenters. The van der Waals surface area contributed by atoms with Gasteiger partial charge in [0.25, 0.3) is 5.91 Å². The van der Waals surface area contributed by atoms with Gasteiger partial charge in [0.05, 0.1) is 16.4 Å². The summed E-state index contributed by atoms with van der Waals surface area (Å²) >= 11 is 1.39. The number of sulfone groups is 1. The Hall–Kier alpha value is -1.60. The van der Waals surface area contributed by atoms with Crippen LogP contribution < -0.4 is 0 Å². The lowest BCUT2D eigenvalue weighted by molar-refractivity contribution is 0.0664. The second kappa shape index (κ2) is 5.31. The van der Waals surface area contributed by atoms with E-state index in [0.717, 1.165) is 5.56 Å². The highest BCUT2D eigenvalue weighted by molar-refractivity contribution is 7.91. The van der Waals surface area contributed by atoms with Gasteiger partial charge in [-0.3, -0.25) is 4.79 Å². The largest absolute Gasteiger partial charge is 0.468 e. The predicted octanol–water partition coefficient (Wildman–Crippen LogP) is 2.09. The summed E-state index contributed by atoms with van der Waals surface area (Å²) in [5, 5.41) is 1.42. The summed E-state index contributed by atoms with van der Waals surface area (Å²) in [5.41, 5.74) is 1.05. The normalized spacial score (nSPS) is 16.0. The van der Waals surface area contributed by atoms with Crippen LogP contribution in [-0.2, 0) is 15.6 Å². The van der Waals surface area contributed by atoms with Crippen LogP contribution >= 0.6 is 11.3 Å². The number of nitrogens with zero attached hydrogens (tertiary/aromatic N) is 1. The molecule has 0 N–H and O–H groups in total. The Morgan fingerprint density at radius 3 is 2.81 bits per heavy atom. The van der Waals surface area contributed by atoms with E-state index in [1.165, 1.54) is 17.6 Å². The summed E-state index contributed by atoms with van der Waals surface area (Å²) < 4.78 is 29.5. The van der Waals surface area contributed by atoms with Gasteiger partial charge in [0.15, 0.2) is 9.84 Å². The molecule has 7 heteroatoms. The third kappa shape index (κ3) is 2.89. The van der Waals surface area contributed by atoms with Crippen molar-refractivity contribution in [3.8, 4) is 0 Å². The third-order valence-electron chi connectivity index (χ3n) is 3.51. The van der Waals surface area contributed by atoms with Crippen LogP contribution in [0.1, 0.15) is 21.0 Å². The fraction of sp³-hybridized carbons (Fsp3) is 0.357. The van der Waals surface area contributed by atoms with E-state index in [1.54, 1.807) is 17.0 Å². The van der Waals surface area contributed by atoms with Gasteiger partial charge in [-0.05, 0) is 36.1 Å². The Morgan fingerprint density at radius 1 is 1.48 bits per heavy atom. The van der Waals surface area contributed by atoms with Crippen LogP contribution in [0.5, 0.6) is 0 Å². The highest BCUT2D eigenvalue weighted by atomic mass is 32.2. The maximum Gasteiger partial charge on any atom is 0.264 e. The average molecular weight is 325 g/mol.